The lowest BCUT2D eigenvalue weighted by Gasteiger charge is -2.23. The van der Waals surface area contributed by atoms with E-state index in [-0.39, 0.29) is 12.5 Å². The van der Waals surface area contributed by atoms with Crippen molar-refractivity contribution in [2.24, 2.45) is 0 Å². The maximum absolute atomic E-state index is 12.2. The highest BCUT2D eigenvalue weighted by atomic mass is 35.5. The van der Waals surface area contributed by atoms with Crippen molar-refractivity contribution in [1.29, 1.82) is 0 Å². The van der Waals surface area contributed by atoms with Crippen LogP contribution in [0, 0.1) is 0 Å². The Morgan fingerprint density at radius 3 is 2.60 bits per heavy atom. The SMILES string of the molecule is O=C(CCCCO)N(Cc1ccc(Cl)c(Cl)c1)C1CC1. The van der Waals surface area contributed by atoms with Crippen LogP contribution in [0.4, 0.5) is 0 Å². The van der Waals surface area contributed by atoms with Gasteiger partial charge in [0.2, 0.25) is 5.91 Å². The summed E-state index contributed by atoms with van der Waals surface area (Å²) >= 11 is 11.9. The van der Waals surface area contributed by atoms with E-state index in [0.717, 1.165) is 24.8 Å². The van der Waals surface area contributed by atoms with E-state index in [1.807, 2.05) is 17.0 Å². The van der Waals surface area contributed by atoms with Crippen molar-refractivity contribution in [2.45, 2.75) is 44.7 Å². The lowest BCUT2D eigenvalue weighted by atomic mass is 10.1. The van der Waals surface area contributed by atoms with Gasteiger partial charge in [0, 0.05) is 25.6 Å². The number of aliphatic hydroxyl groups excluding tert-OH is 1. The zero-order chi connectivity index (χ0) is 14.5. The Hall–Kier alpha value is -0.770. The molecule has 0 atom stereocenters. The largest absolute Gasteiger partial charge is 0.396 e. The molecule has 3 nitrogen and oxygen atoms in total. The molecule has 1 saturated carbocycles. The fourth-order valence-electron chi connectivity index (χ4n) is 2.17. The summed E-state index contributed by atoms with van der Waals surface area (Å²) in [6, 6.07) is 5.86. The summed E-state index contributed by atoms with van der Waals surface area (Å²) in [5, 5.41) is 9.83. The van der Waals surface area contributed by atoms with Crippen molar-refractivity contribution in [3.63, 3.8) is 0 Å². The summed E-state index contributed by atoms with van der Waals surface area (Å²) in [4.78, 5) is 14.2. The smallest absolute Gasteiger partial charge is 0.223 e. The molecule has 1 aliphatic rings. The topological polar surface area (TPSA) is 40.5 Å². The van der Waals surface area contributed by atoms with Crippen LogP contribution in [0.15, 0.2) is 18.2 Å². The Morgan fingerprint density at radius 1 is 1.25 bits per heavy atom. The summed E-state index contributed by atoms with van der Waals surface area (Å²) in [5.41, 5.74) is 1.00. The van der Waals surface area contributed by atoms with Crippen LogP contribution in [0.25, 0.3) is 0 Å². The standard InChI is InChI=1S/C15H19Cl2NO2/c16-13-7-4-11(9-14(13)17)10-18(12-5-6-12)15(20)3-1-2-8-19/h4,7,9,12,19H,1-3,5-6,8,10H2. The molecule has 0 aromatic heterocycles. The molecule has 110 valence electrons. The molecular formula is C15H19Cl2NO2. The number of nitrogens with zero attached hydrogens (tertiary/aromatic N) is 1. The van der Waals surface area contributed by atoms with Gasteiger partial charge in [-0.05, 0) is 43.4 Å². The highest BCUT2D eigenvalue weighted by Crippen LogP contribution is 2.30. The average Bonchev–Trinajstić information content (AvgIpc) is 3.24. The summed E-state index contributed by atoms with van der Waals surface area (Å²) in [7, 11) is 0. The van der Waals surface area contributed by atoms with Crippen molar-refractivity contribution in [3.05, 3.63) is 33.8 Å². The fourth-order valence-corrected chi connectivity index (χ4v) is 2.49. The number of amides is 1. The second-order valence-electron chi connectivity index (χ2n) is 5.18. The molecule has 5 heteroatoms. The van der Waals surface area contributed by atoms with Gasteiger partial charge in [0.05, 0.1) is 10.0 Å². The molecule has 1 aromatic rings. The van der Waals surface area contributed by atoms with Crippen LogP contribution in [0.5, 0.6) is 0 Å². The first-order chi connectivity index (χ1) is 9.61. The lowest BCUT2D eigenvalue weighted by Crippen LogP contribution is -2.32. The molecule has 1 N–H and O–H groups in total. The third kappa shape index (κ3) is 4.37. The van der Waals surface area contributed by atoms with Gasteiger partial charge in [-0.25, -0.2) is 0 Å². The van der Waals surface area contributed by atoms with Gasteiger partial charge in [-0.15, -0.1) is 0 Å². The Bertz CT molecular complexity index is 475. The molecule has 0 radical (unpaired) electrons. The van der Waals surface area contributed by atoms with Crippen LogP contribution < -0.4 is 0 Å². The van der Waals surface area contributed by atoms with Crippen LogP contribution in [0.3, 0.4) is 0 Å². The van der Waals surface area contributed by atoms with Gasteiger partial charge in [-0.1, -0.05) is 29.3 Å². The van der Waals surface area contributed by atoms with Crippen molar-refractivity contribution in [3.8, 4) is 0 Å². The first kappa shape index (κ1) is 15.6. The van der Waals surface area contributed by atoms with Gasteiger partial charge in [0.15, 0.2) is 0 Å². The van der Waals surface area contributed by atoms with Gasteiger partial charge >= 0.3 is 0 Å². The number of hydrogen-bond acceptors (Lipinski definition) is 2. The van der Waals surface area contributed by atoms with Gasteiger partial charge in [0.25, 0.3) is 0 Å². The zero-order valence-electron chi connectivity index (χ0n) is 11.3. The van der Waals surface area contributed by atoms with E-state index in [9.17, 15) is 4.79 Å². The van der Waals surface area contributed by atoms with Crippen LogP contribution in [0.1, 0.15) is 37.7 Å². The van der Waals surface area contributed by atoms with E-state index in [1.54, 1.807) is 6.07 Å². The molecule has 0 spiro atoms. The number of halogens is 2. The summed E-state index contributed by atoms with van der Waals surface area (Å²) in [5.74, 6) is 0.159. The lowest BCUT2D eigenvalue weighted by molar-refractivity contribution is -0.132. The van der Waals surface area contributed by atoms with Crippen molar-refractivity contribution < 1.29 is 9.90 Å². The predicted octanol–water partition coefficient (Wildman–Crippen LogP) is 3.65. The van der Waals surface area contributed by atoms with E-state index >= 15 is 0 Å². The minimum Gasteiger partial charge on any atom is -0.396 e. The second kappa shape index (κ2) is 7.30. The number of carbonyl (C=O) groups is 1. The number of carbonyl (C=O) groups excluding carboxylic acids is 1. The van der Waals surface area contributed by atoms with E-state index < -0.39 is 0 Å². The highest BCUT2D eigenvalue weighted by molar-refractivity contribution is 6.42. The number of hydrogen-bond donors (Lipinski definition) is 1. The maximum atomic E-state index is 12.2. The molecule has 0 unspecified atom stereocenters. The van der Waals surface area contributed by atoms with Crippen LogP contribution in [-0.2, 0) is 11.3 Å². The van der Waals surface area contributed by atoms with E-state index in [0.29, 0.717) is 35.5 Å². The van der Waals surface area contributed by atoms with Crippen LogP contribution in [-0.4, -0.2) is 28.6 Å². The first-order valence-corrected chi connectivity index (χ1v) is 7.71. The number of benzene rings is 1. The van der Waals surface area contributed by atoms with Crippen LogP contribution >= 0.6 is 23.2 Å². The van der Waals surface area contributed by atoms with Crippen LogP contribution in [0.2, 0.25) is 10.0 Å². The van der Waals surface area contributed by atoms with Crippen molar-refractivity contribution in [2.75, 3.05) is 6.61 Å². The number of aliphatic hydroxyl groups is 1. The molecule has 0 heterocycles. The quantitative estimate of drug-likeness (QED) is 0.780. The minimum atomic E-state index is 0.142. The molecule has 1 aliphatic carbocycles. The molecule has 2 rings (SSSR count). The summed E-state index contributed by atoms with van der Waals surface area (Å²) < 4.78 is 0. The normalized spacial score (nSPS) is 14.3. The van der Waals surface area contributed by atoms with Gasteiger partial charge in [0.1, 0.15) is 0 Å². The molecular weight excluding hydrogens is 297 g/mol. The van der Waals surface area contributed by atoms with Crippen molar-refractivity contribution >= 4 is 29.1 Å². The molecule has 1 aromatic carbocycles. The highest BCUT2D eigenvalue weighted by Gasteiger charge is 2.32. The Morgan fingerprint density at radius 2 is 2.00 bits per heavy atom. The molecule has 0 aliphatic heterocycles. The predicted molar refractivity (Wildman–Crippen MR) is 81.0 cm³/mol. The fraction of sp³-hybridized carbons (Fsp3) is 0.533. The zero-order valence-corrected chi connectivity index (χ0v) is 12.8. The summed E-state index contributed by atoms with van der Waals surface area (Å²) in [6.45, 7) is 0.725. The van der Waals surface area contributed by atoms with Gasteiger partial charge in [-0.3, -0.25) is 4.79 Å². The van der Waals surface area contributed by atoms with Gasteiger partial charge in [-0.2, -0.15) is 0 Å². The Kier molecular flexibility index (Phi) is 5.70. The van der Waals surface area contributed by atoms with Crippen molar-refractivity contribution in [1.82, 2.24) is 4.90 Å². The van der Waals surface area contributed by atoms with Gasteiger partial charge < -0.3 is 10.0 Å². The molecule has 1 amide bonds. The van der Waals surface area contributed by atoms with E-state index in [2.05, 4.69) is 0 Å². The molecule has 20 heavy (non-hydrogen) atoms. The Labute approximate surface area is 129 Å². The van der Waals surface area contributed by atoms with E-state index in [1.165, 1.54) is 0 Å². The maximum Gasteiger partial charge on any atom is 0.223 e. The third-order valence-electron chi connectivity index (χ3n) is 3.44. The second-order valence-corrected chi connectivity index (χ2v) is 6.00. The monoisotopic (exact) mass is 315 g/mol. The molecule has 1 fully saturated rings. The van der Waals surface area contributed by atoms with E-state index in [4.69, 9.17) is 28.3 Å². The summed E-state index contributed by atoms with van der Waals surface area (Å²) in [6.07, 6.45) is 4.06. The Balaban J connectivity index is 1.98. The minimum absolute atomic E-state index is 0.142. The molecule has 0 bridgehead atoms. The average molecular weight is 316 g/mol. The number of rotatable bonds is 7. The third-order valence-corrected chi connectivity index (χ3v) is 4.18. The number of unbranched alkanes of at least 4 members (excludes halogenated alkanes) is 1. The molecule has 0 saturated heterocycles. The first-order valence-electron chi connectivity index (χ1n) is 6.96.